The van der Waals surface area contributed by atoms with Crippen molar-refractivity contribution in [2.45, 2.75) is 18.5 Å². The molecule has 1 fully saturated rings. The van der Waals surface area contributed by atoms with Crippen molar-refractivity contribution in [1.82, 2.24) is 4.90 Å². The number of fused-ring (bicyclic) bond motifs is 4. The van der Waals surface area contributed by atoms with E-state index in [0.29, 0.717) is 23.6 Å². The van der Waals surface area contributed by atoms with Gasteiger partial charge in [0.25, 0.3) is 5.91 Å². The zero-order chi connectivity index (χ0) is 24.1. The van der Waals surface area contributed by atoms with Gasteiger partial charge in [-0.15, -0.1) is 0 Å². The Labute approximate surface area is 204 Å². The highest BCUT2D eigenvalue weighted by molar-refractivity contribution is 5.95. The quantitative estimate of drug-likeness (QED) is 0.616. The third-order valence-electron chi connectivity index (χ3n) is 7.65. The zero-order valence-electron chi connectivity index (χ0n) is 19.8. The maximum Gasteiger partial charge on any atom is 0.254 e. The summed E-state index contributed by atoms with van der Waals surface area (Å²) in [4.78, 5) is 17.9. The van der Waals surface area contributed by atoms with E-state index >= 15 is 0 Å². The molecule has 0 aliphatic carbocycles. The Morgan fingerprint density at radius 2 is 1.80 bits per heavy atom. The molecule has 1 amide bonds. The van der Waals surface area contributed by atoms with Gasteiger partial charge in [-0.2, -0.15) is 0 Å². The van der Waals surface area contributed by atoms with Crippen molar-refractivity contribution >= 4 is 11.6 Å². The Bertz CT molecular complexity index is 1270. The van der Waals surface area contributed by atoms with Crippen molar-refractivity contribution in [2.75, 3.05) is 39.0 Å². The van der Waals surface area contributed by atoms with Gasteiger partial charge in [0.05, 0.1) is 25.8 Å². The van der Waals surface area contributed by atoms with E-state index in [4.69, 9.17) is 14.2 Å². The third kappa shape index (κ3) is 3.49. The largest absolute Gasteiger partial charge is 0.497 e. The lowest BCUT2D eigenvalue weighted by atomic mass is 9.81. The van der Waals surface area contributed by atoms with E-state index < -0.39 is 0 Å². The van der Waals surface area contributed by atoms with Crippen LogP contribution in [-0.4, -0.2) is 56.1 Å². The minimum absolute atomic E-state index is 0.0298. The highest BCUT2D eigenvalue weighted by Gasteiger charge is 2.47. The van der Waals surface area contributed by atoms with Crippen LogP contribution in [0.25, 0.3) is 11.1 Å². The number of hydrogen-bond acceptors (Lipinski definition) is 6. The molecule has 3 aliphatic rings. The molecule has 35 heavy (non-hydrogen) atoms. The average Bonchev–Trinajstić information content (AvgIpc) is 3.55. The van der Waals surface area contributed by atoms with Gasteiger partial charge < -0.3 is 29.1 Å². The number of hydrogen-bond donors (Lipinski definition) is 1. The standard InChI is InChI=1S/C28H28N2O5/c1-29-23-9-5-18(17-3-7-20(33-2)8-4-17)13-22(23)27-21(24(29)15-31)11-12-30(27)28(32)19-6-10-25-26(14-19)35-16-34-25/h3-10,13-14,21,24,27,31H,11-12,15-16H2,1-2H3/t21-,24-,27-/m0/s1. The Hall–Kier alpha value is -3.71. The van der Waals surface area contributed by atoms with Gasteiger partial charge >= 0.3 is 0 Å². The van der Waals surface area contributed by atoms with Gasteiger partial charge in [-0.05, 0) is 65.6 Å². The van der Waals surface area contributed by atoms with E-state index in [1.54, 1.807) is 25.3 Å². The Morgan fingerprint density at radius 1 is 1.03 bits per heavy atom. The van der Waals surface area contributed by atoms with Gasteiger partial charge in [0.2, 0.25) is 6.79 Å². The van der Waals surface area contributed by atoms with E-state index in [-0.39, 0.29) is 37.3 Å². The number of carbonyl (C=O) groups is 1. The van der Waals surface area contributed by atoms with Gasteiger partial charge in [0.1, 0.15) is 5.75 Å². The molecule has 6 rings (SSSR count). The van der Waals surface area contributed by atoms with E-state index in [1.165, 1.54) is 0 Å². The molecule has 0 radical (unpaired) electrons. The lowest BCUT2D eigenvalue weighted by Gasteiger charge is -2.44. The predicted molar refractivity (Wildman–Crippen MR) is 132 cm³/mol. The van der Waals surface area contributed by atoms with Crippen LogP contribution in [0.15, 0.2) is 60.7 Å². The number of aliphatic hydroxyl groups is 1. The zero-order valence-corrected chi connectivity index (χ0v) is 19.8. The second kappa shape index (κ2) is 8.50. The molecule has 0 saturated carbocycles. The number of carbonyl (C=O) groups excluding carboxylic acids is 1. The first-order chi connectivity index (χ1) is 17.1. The molecule has 3 aliphatic heterocycles. The van der Waals surface area contributed by atoms with Crippen molar-refractivity contribution in [3.8, 4) is 28.4 Å². The smallest absolute Gasteiger partial charge is 0.254 e. The van der Waals surface area contributed by atoms with Gasteiger partial charge in [-0.3, -0.25) is 4.79 Å². The molecule has 3 atom stereocenters. The summed E-state index contributed by atoms with van der Waals surface area (Å²) in [6, 6.07) is 19.6. The van der Waals surface area contributed by atoms with Crippen LogP contribution in [0.4, 0.5) is 5.69 Å². The molecule has 3 aromatic rings. The van der Waals surface area contributed by atoms with Crippen molar-refractivity contribution in [1.29, 1.82) is 0 Å². The molecule has 1 N–H and O–H groups in total. The monoisotopic (exact) mass is 472 g/mol. The topological polar surface area (TPSA) is 71.5 Å². The molecule has 7 nitrogen and oxygen atoms in total. The summed E-state index contributed by atoms with van der Waals surface area (Å²) in [6.45, 7) is 0.857. The van der Waals surface area contributed by atoms with Crippen molar-refractivity contribution in [2.24, 2.45) is 5.92 Å². The number of methoxy groups -OCH3 is 1. The van der Waals surface area contributed by atoms with E-state index in [9.17, 15) is 9.90 Å². The maximum atomic E-state index is 13.8. The molecule has 1 saturated heterocycles. The lowest BCUT2D eigenvalue weighted by Crippen LogP contribution is -2.48. The number of likely N-dealkylation sites (tertiary alicyclic amines) is 1. The molecule has 180 valence electrons. The highest BCUT2D eigenvalue weighted by Crippen LogP contribution is 2.50. The second-order valence-electron chi connectivity index (χ2n) is 9.33. The highest BCUT2D eigenvalue weighted by atomic mass is 16.7. The molecule has 0 unspecified atom stereocenters. The summed E-state index contributed by atoms with van der Waals surface area (Å²) in [6.07, 6.45) is 0.836. The van der Waals surface area contributed by atoms with Crippen LogP contribution < -0.4 is 19.1 Å². The lowest BCUT2D eigenvalue weighted by molar-refractivity contribution is 0.0693. The first kappa shape index (κ1) is 21.8. The summed E-state index contributed by atoms with van der Waals surface area (Å²) in [7, 11) is 3.69. The summed E-state index contributed by atoms with van der Waals surface area (Å²) >= 11 is 0. The van der Waals surface area contributed by atoms with E-state index in [1.807, 2.05) is 36.2 Å². The van der Waals surface area contributed by atoms with Gasteiger partial charge in [0, 0.05) is 30.8 Å². The number of nitrogens with zero attached hydrogens (tertiary/aromatic N) is 2. The molecule has 3 heterocycles. The predicted octanol–water partition coefficient (Wildman–Crippen LogP) is 4.11. The average molecular weight is 473 g/mol. The Morgan fingerprint density at radius 3 is 2.57 bits per heavy atom. The molecule has 7 heteroatoms. The van der Waals surface area contributed by atoms with Gasteiger partial charge in [0.15, 0.2) is 11.5 Å². The fourth-order valence-corrected chi connectivity index (χ4v) is 5.84. The number of benzene rings is 3. The fourth-order valence-electron chi connectivity index (χ4n) is 5.84. The molecular weight excluding hydrogens is 444 g/mol. The van der Waals surface area contributed by atoms with Crippen LogP contribution in [0.1, 0.15) is 28.4 Å². The summed E-state index contributed by atoms with van der Waals surface area (Å²) < 4.78 is 16.2. The number of anilines is 1. The number of rotatable bonds is 4. The summed E-state index contributed by atoms with van der Waals surface area (Å²) in [5, 5.41) is 10.3. The maximum absolute atomic E-state index is 13.8. The van der Waals surface area contributed by atoms with Crippen molar-refractivity contribution < 1.29 is 24.1 Å². The van der Waals surface area contributed by atoms with Crippen LogP contribution in [0.5, 0.6) is 17.2 Å². The Balaban J connectivity index is 1.41. The molecule has 0 aromatic heterocycles. The van der Waals surface area contributed by atoms with E-state index in [0.717, 1.165) is 34.5 Å². The Kier molecular flexibility index (Phi) is 5.29. The van der Waals surface area contributed by atoms with Crippen molar-refractivity contribution in [3.05, 3.63) is 71.8 Å². The van der Waals surface area contributed by atoms with Crippen LogP contribution in [0.3, 0.4) is 0 Å². The van der Waals surface area contributed by atoms with Crippen molar-refractivity contribution in [3.63, 3.8) is 0 Å². The van der Waals surface area contributed by atoms with Gasteiger partial charge in [-0.25, -0.2) is 0 Å². The number of ether oxygens (including phenoxy) is 3. The number of aliphatic hydroxyl groups excluding tert-OH is 1. The van der Waals surface area contributed by atoms with Gasteiger partial charge in [-0.1, -0.05) is 18.2 Å². The van der Waals surface area contributed by atoms with Crippen LogP contribution in [-0.2, 0) is 0 Å². The van der Waals surface area contributed by atoms with Crippen LogP contribution >= 0.6 is 0 Å². The minimum Gasteiger partial charge on any atom is -0.497 e. The normalized spacial score (nSPS) is 22.1. The summed E-state index contributed by atoms with van der Waals surface area (Å²) in [5.41, 5.74) is 4.92. The number of amides is 1. The summed E-state index contributed by atoms with van der Waals surface area (Å²) in [5.74, 6) is 2.19. The fraction of sp³-hybridized carbons (Fsp3) is 0.321. The minimum atomic E-state index is -0.116. The second-order valence-corrected chi connectivity index (χ2v) is 9.33. The third-order valence-corrected chi connectivity index (χ3v) is 7.65. The SMILES string of the molecule is COc1ccc(-c2ccc3c(c2)[C@@H]2[C@@H](CCN2C(=O)c2ccc4c(c2)OCO4)[C@H](CO)N3C)cc1. The first-order valence-corrected chi connectivity index (χ1v) is 11.9. The van der Waals surface area contributed by atoms with Crippen LogP contribution in [0.2, 0.25) is 0 Å². The molecule has 0 spiro atoms. The number of likely N-dealkylation sites (N-methyl/N-ethyl adjacent to an activating group) is 1. The molecule has 0 bridgehead atoms. The van der Waals surface area contributed by atoms with Crippen LogP contribution in [0, 0.1) is 5.92 Å². The first-order valence-electron chi connectivity index (χ1n) is 11.9. The molecular formula is C28H28N2O5. The molecule has 3 aromatic carbocycles. The van der Waals surface area contributed by atoms with E-state index in [2.05, 4.69) is 23.1 Å².